The first-order valence-corrected chi connectivity index (χ1v) is 7.29. The third kappa shape index (κ3) is 5.30. The lowest BCUT2D eigenvalue weighted by atomic mass is 10.4. The molecule has 0 unspecified atom stereocenters. The van der Waals surface area contributed by atoms with E-state index in [0.717, 1.165) is 11.4 Å². The molecular formula is C13H19N3O2S. The maximum Gasteiger partial charge on any atom is 0.315 e. The van der Waals surface area contributed by atoms with Crippen LogP contribution < -0.4 is 16.0 Å². The van der Waals surface area contributed by atoms with Crippen molar-refractivity contribution in [2.24, 2.45) is 5.92 Å². The van der Waals surface area contributed by atoms with Crippen molar-refractivity contribution in [2.75, 3.05) is 13.1 Å². The van der Waals surface area contributed by atoms with Crippen LogP contribution in [0.5, 0.6) is 0 Å². The number of carbonyl (C=O) groups is 2. The summed E-state index contributed by atoms with van der Waals surface area (Å²) in [4.78, 5) is 25.2. The molecule has 1 aromatic heterocycles. The number of hydrogen-bond donors (Lipinski definition) is 3. The number of rotatable bonds is 6. The van der Waals surface area contributed by atoms with E-state index in [9.17, 15) is 9.59 Å². The summed E-state index contributed by atoms with van der Waals surface area (Å²) in [5, 5.41) is 8.07. The summed E-state index contributed by atoms with van der Waals surface area (Å²) < 4.78 is 0. The van der Waals surface area contributed by atoms with Gasteiger partial charge in [0.25, 0.3) is 0 Å². The molecular weight excluding hydrogens is 262 g/mol. The predicted molar refractivity (Wildman–Crippen MR) is 75.0 cm³/mol. The first kappa shape index (κ1) is 13.9. The fourth-order valence-corrected chi connectivity index (χ4v) is 2.44. The quantitative estimate of drug-likeness (QED) is 0.737. The number of urea groups is 1. The summed E-state index contributed by atoms with van der Waals surface area (Å²) in [5.74, 6) is 0.522. The number of carbonyl (C=O) groups excluding carboxylic acids is 2. The van der Waals surface area contributed by atoms with E-state index in [2.05, 4.69) is 16.0 Å². The van der Waals surface area contributed by atoms with Crippen molar-refractivity contribution >= 4 is 23.3 Å². The molecule has 5 nitrogen and oxygen atoms in total. The molecule has 2 rings (SSSR count). The van der Waals surface area contributed by atoms with Gasteiger partial charge in [-0.2, -0.15) is 0 Å². The van der Waals surface area contributed by atoms with E-state index in [-0.39, 0.29) is 18.5 Å². The minimum Gasteiger partial charge on any atom is -0.354 e. The number of nitrogens with one attached hydrogen (secondary N) is 3. The van der Waals surface area contributed by atoms with Gasteiger partial charge in [-0.05, 0) is 37.8 Å². The Morgan fingerprint density at radius 1 is 1.26 bits per heavy atom. The fraction of sp³-hybridized carbons (Fsp3) is 0.538. The Hall–Kier alpha value is -1.56. The Bertz CT molecular complexity index is 454. The Morgan fingerprint density at radius 2 is 2.05 bits per heavy atom. The van der Waals surface area contributed by atoms with E-state index in [4.69, 9.17) is 0 Å². The molecule has 0 bridgehead atoms. The minimum atomic E-state index is -0.312. The van der Waals surface area contributed by atoms with Crippen LogP contribution in [0.15, 0.2) is 12.1 Å². The van der Waals surface area contributed by atoms with Gasteiger partial charge in [-0.3, -0.25) is 4.79 Å². The SMILES string of the molecule is Cc1ccc(CNC(=O)NCC(=O)NCC2CC2)s1. The average molecular weight is 281 g/mol. The first-order valence-electron chi connectivity index (χ1n) is 6.47. The molecule has 6 heteroatoms. The molecule has 1 saturated carbocycles. The molecule has 0 radical (unpaired) electrons. The van der Waals surface area contributed by atoms with Crippen molar-refractivity contribution in [2.45, 2.75) is 26.3 Å². The zero-order valence-corrected chi connectivity index (χ0v) is 11.8. The Morgan fingerprint density at radius 3 is 2.68 bits per heavy atom. The Balaban J connectivity index is 1.57. The van der Waals surface area contributed by atoms with Crippen molar-refractivity contribution in [1.82, 2.24) is 16.0 Å². The monoisotopic (exact) mass is 281 g/mol. The molecule has 1 aliphatic carbocycles. The molecule has 19 heavy (non-hydrogen) atoms. The number of aryl methyl sites for hydroxylation is 1. The van der Waals surface area contributed by atoms with E-state index < -0.39 is 0 Å². The predicted octanol–water partition coefficient (Wildman–Crippen LogP) is 1.38. The van der Waals surface area contributed by atoms with Crippen molar-refractivity contribution < 1.29 is 9.59 Å². The van der Waals surface area contributed by atoms with Crippen LogP contribution in [0.25, 0.3) is 0 Å². The van der Waals surface area contributed by atoms with Crippen LogP contribution in [0, 0.1) is 12.8 Å². The third-order valence-electron chi connectivity index (χ3n) is 2.91. The molecule has 3 N–H and O–H groups in total. The van der Waals surface area contributed by atoms with E-state index in [1.807, 2.05) is 19.1 Å². The van der Waals surface area contributed by atoms with E-state index >= 15 is 0 Å². The highest BCUT2D eigenvalue weighted by molar-refractivity contribution is 7.11. The smallest absolute Gasteiger partial charge is 0.315 e. The summed E-state index contributed by atoms with van der Waals surface area (Å²) in [7, 11) is 0. The van der Waals surface area contributed by atoms with E-state index in [1.165, 1.54) is 17.7 Å². The lowest BCUT2D eigenvalue weighted by Gasteiger charge is -2.07. The number of hydrogen-bond acceptors (Lipinski definition) is 3. The van der Waals surface area contributed by atoms with Gasteiger partial charge in [0.15, 0.2) is 0 Å². The normalized spacial score (nSPS) is 13.9. The van der Waals surface area contributed by atoms with Crippen molar-refractivity contribution in [3.05, 3.63) is 21.9 Å². The van der Waals surface area contributed by atoms with Crippen LogP contribution in [-0.2, 0) is 11.3 Å². The fourth-order valence-electron chi connectivity index (χ4n) is 1.61. The van der Waals surface area contributed by atoms with Crippen LogP contribution in [-0.4, -0.2) is 25.0 Å². The maximum atomic E-state index is 11.5. The van der Waals surface area contributed by atoms with Crippen LogP contribution in [0.3, 0.4) is 0 Å². The highest BCUT2D eigenvalue weighted by Gasteiger charge is 2.21. The second-order valence-electron chi connectivity index (χ2n) is 4.80. The van der Waals surface area contributed by atoms with Gasteiger partial charge in [-0.1, -0.05) is 0 Å². The van der Waals surface area contributed by atoms with Crippen LogP contribution >= 0.6 is 11.3 Å². The molecule has 104 valence electrons. The molecule has 0 spiro atoms. The maximum absolute atomic E-state index is 11.5. The zero-order chi connectivity index (χ0) is 13.7. The molecule has 1 fully saturated rings. The summed E-state index contributed by atoms with van der Waals surface area (Å²) in [6.07, 6.45) is 2.41. The molecule has 1 heterocycles. The number of amides is 3. The van der Waals surface area contributed by atoms with Crippen LogP contribution in [0.4, 0.5) is 4.79 Å². The molecule has 0 aliphatic heterocycles. The molecule has 0 atom stereocenters. The van der Waals surface area contributed by atoms with Crippen molar-refractivity contribution in [3.63, 3.8) is 0 Å². The minimum absolute atomic E-state index is 0.0298. The lowest BCUT2D eigenvalue weighted by molar-refractivity contribution is -0.120. The van der Waals surface area contributed by atoms with E-state index in [1.54, 1.807) is 11.3 Å². The Labute approximate surface area is 116 Å². The van der Waals surface area contributed by atoms with Gasteiger partial charge in [0.1, 0.15) is 0 Å². The van der Waals surface area contributed by atoms with Gasteiger partial charge in [0.05, 0.1) is 13.1 Å². The Kier molecular flexibility index (Phi) is 4.79. The third-order valence-corrected chi connectivity index (χ3v) is 3.91. The topological polar surface area (TPSA) is 70.2 Å². The lowest BCUT2D eigenvalue weighted by Crippen LogP contribution is -2.42. The highest BCUT2D eigenvalue weighted by atomic mass is 32.1. The average Bonchev–Trinajstić information content (AvgIpc) is 3.13. The second kappa shape index (κ2) is 6.56. The van der Waals surface area contributed by atoms with Gasteiger partial charge in [0, 0.05) is 16.3 Å². The van der Waals surface area contributed by atoms with Crippen molar-refractivity contribution in [3.8, 4) is 0 Å². The second-order valence-corrected chi connectivity index (χ2v) is 6.17. The summed E-state index contributed by atoms with van der Waals surface area (Å²) in [6, 6.07) is 3.70. The summed E-state index contributed by atoms with van der Waals surface area (Å²) in [6.45, 7) is 3.28. The molecule has 0 saturated heterocycles. The summed E-state index contributed by atoms with van der Waals surface area (Å²) >= 11 is 1.65. The van der Waals surface area contributed by atoms with Crippen LogP contribution in [0.1, 0.15) is 22.6 Å². The standard InChI is InChI=1S/C13H19N3O2S/c1-9-2-5-11(19-9)7-15-13(18)16-8-12(17)14-6-10-3-4-10/h2,5,10H,3-4,6-8H2,1H3,(H,14,17)(H2,15,16,18). The van der Waals surface area contributed by atoms with Crippen LogP contribution in [0.2, 0.25) is 0 Å². The molecule has 1 aromatic rings. The first-order chi connectivity index (χ1) is 9.13. The van der Waals surface area contributed by atoms with E-state index in [0.29, 0.717) is 12.5 Å². The largest absolute Gasteiger partial charge is 0.354 e. The van der Waals surface area contributed by atoms with Gasteiger partial charge in [-0.15, -0.1) is 11.3 Å². The van der Waals surface area contributed by atoms with Crippen molar-refractivity contribution in [1.29, 1.82) is 0 Å². The molecule has 0 aromatic carbocycles. The highest BCUT2D eigenvalue weighted by Crippen LogP contribution is 2.27. The van der Waals surface area contributed by atoms with Gasteiger partial charge < -0.3 is 16.0 Å². The molecule has 1 aliphatic rings. The zero-order valence-electron chi connectivity index (χ0n) is 11.0. The molecule has 3 amide bonds. The van der Waals surface area contributed by atoms with Gasteiger partial charge >= 0.3 is 6.03 Å². The van der Waals surface area contributed by atoms with Gasteiger partial charge in [0.2, 0.25) is 5.91 Å². The summed E-state index contributed by atoms with van der Waals surface area (Å²) in [5.41, 5.74) is 0. The van der Waals surface area contributed by atoms with Gasteiger partial charge in [-0.25, -0.2) is 4.79 Å². The number of thiophene rings is 1.